The molecule has 0 unspecified atom stereocenters. The third kappa shape index (κ3) is 18.9. The molecule has 0 aliphatic rings. The quantitative estimate of drug-likeness (QED) is 0.103. The minimum Gasteiger partial charge on any atom is -0.381 e. The van der Waals surface area contributed by atoms with Gasteiger partial charge in [-0.3, -0.25) is 9.13 Å². The Bertz CT molecular complexity index is 801. The Kier molecular flexibility index (Phi) is 20.6. The lowest BCUT2D eigenvalue weighted by atomic mass is 10.0. The van der Waals surface area contributed by atoms with Gasteiger partial charge < -0.3 is 24.2 Å². The monoisotopic (exact) mass is 559 g/mol. The van der Waals surface area contributed by atoms with Crippen LogP contribution in [0.4, 0.5) is 5.82 Å². The first kappa shape index (κ1) is 34.8. The zero-order valence-electron chi connectivity index (χ0n) is 24.0. The molecule has 0 amide bonds. The van der Waals surface area contributed by atoms with Crippen LogP contribution >= 0.6 is 7.60 Å². The fourth-order valence-corrected chi connectivity index (χ4v) is 4.77. The highest BCUT2D eigenvalue weighted by Crippen LogP contribution is 2.33. The van der Waals surface area contributed by atoms with Gasteiger partial charge in [0.2, 0.25) is 0 Å². The van der Waals surface area contributed by atoms with E-state index in [1.54, 1.807) is 12.3 Å². The first-order chi connectivity index (χ1) is 18.4. The van der Waals surface area contributed by atoms with E-state index < -0.39 is 19.6 Å². The molecule has 1 aromatic rings. The van der Waals surface area contributed by atoms with Crippen molar-refractivity contribution in [2.75, 3.05) is 44.2 Å². The molecular formula is C28H54N3O6P. The van der Waals surface area contributed by atoms with E-state index in [0.717, 1.165) is 32.5 Å². The zero-order valence-corrected chi connectivity index (χ0v) is 24.9. The van der Waals surface area contributed by atoms with Gasteiger partial charge in [-0.1, -0.05) is 90.4 Å². The summed E-state index contributed by atoms with van der Waals surface area (Å²) < 4.78 is 22.9. The van der Waals surface area contributed by atoms with Crippen LogP contribution in [-0.4, -0.2) is 58.6 Å². The second kappa shape index (κ2) is 22.6. The third-order valence-corrected chi connectivity index (χ3v) is 7.18. The molecule has 0 saturated carbocycles. The predicted molar refractivity (Wildman–Crippen MR) is 155 cm³/mol. The molecule has 2 N–H and O–H groups in total. The lowest BCUT2D eigenvalue weighted by Gasteiger charge is -2.22. The molecule has 10 heteroatoms. The van der Waals surface area contributed by atoms with Crippen LogP contribution in [0.2, 0.25) is 0 Å². The molecule has 0 fully saturated rings. The van der Waals surface area contributed by atoms with E-state index in [1.807, 2.05) is 11.8 Å². The Labute approximate surface area is 230 Å². The Morgan fingerprint density at radius 2 is 1.37 bits per heavy atom. The van der Waals surface area contributed by atoms with E-state index >= 15 is 0 Å². The van der Waals surface area contributed by atoms with Crippen LogP contribution in [0.5, 0.6) is 0 Å². The number of ether oxygens (including phenoxy) is 2. The van der Waals surface area contributed by atoms with Gasteiger partial charge in [-0.15, -0.1) is 0 Å². The normalized spacial score (nSPS) is 11.8. The Morgan fingerprint density at radius 3 is 1.89 bits per heavy atom. The van der Waals surface area contributed by atoms with Crippen molar-refractivity contribution in [3.63, 3.8) is 0 Å². The Balaban J connectivity index is 2.03. The van der Waals surface area contributed by atoms with Gasteiger partial charge in [-0.05, 0) is 25.8 Å². The first-order valence-corrected chi connectivity index (χ1v) is 16.7. The Hall–Kier alpha value is -1.25. The number of nitrogens with zero attached hydrogens (tertiary/aromatic N) is 3. The molecule has 9 nitrogen and oxygen atoms in total. The fourth-order valence-electron chi connectivity index (χ4n) is 4.41. The average molecular weight is 560 g/mol. The minimum atomic E-state index is -4.20. The van der Waals surface area contributed by atoms with Crippen LogP contribution in [0.1, 0.15) is 110 Å². The lowest BCUT2D eigenvalue weighted by molar-refractivity contribution is 0.128. The summed E-state index contributed by atoms with van der Waals surface area (Å²) in [6.45, 7) is 7.52. The van der Waals surface area contributed by atoms with Crippen molar-refractivity contribution in [2.45, 2.75) is 117 Å². The van der Waals surface area contributed by atoms with Gasteiger partial charge in [0.25, 0.3) is 0 Å². The lowest BCUT2D eigenvalue weighted by Crippen LogP contribution is -2.31. The number of rotatable bonds is 26. The summed E-state index contributed by atoms with van der Waals surface area (Å²) in [6, 6.07) is 1.78. The van der Waals surface area contributed by atoms with Gasteiger partial charge in [-0.2, -0.15) is 4.98 Å². The molecule has 0 aliphatic heterocycles. The van der Waals surface area contributed by atoms with Crippen molar-refractivity contribution >= 4 is 13.4 Å². The summed E-state index contributed by atoms with van der Waals surface area (Å²) in [7, 11) is -4.20. The maximum absolute atomic E-state index is 12.3. The molecule has 0 atom stereocenters. The van der Waals surface area contributed by atoms with Crippen molar-refractivity contribution in [1.29, 1.82) is 0 Å². The van der Waals surface area contributed by atoms with E-state index in [-0.39, 0.29) is 13.2 Å². The van der Waals surface area contributed by atoms with E-state index in [0.29, 0.717) is 12.4 Å². The van der Waals surface area contributed by atoms with Crippen molar-refractivity contribution in [2.24, 2.45) is 0 Å². The zero-order chi connectivity index (χ0) is 27.9. The summed E-state index contributed by atoms with van der Waals surface area (Å²) in [5.41, 5.74) is -0.408. The van der Waals surface area contributed by atoms with E-state index in [4.69, 9.17) is 19.3 Å². The van der Waals surface area contributed by atoms with E-state index in [9.17, 15) is 9.36 Å². The SMILES string of the molecule is CCCCCCCCCCCCCCCCOCCCN(CC)c1ccn(CCOCP(=O)(O)O)c(=O)n1. The highest BCUT2D eigenvalue weighted by Gasteiger charge is 2.13. The highest BCUT2D eigenvalue weighted by atomic mass is 31.2. The largest absolute Gasteiger partial charge is 0.381 e. The van der Waals surface area contributed by atoms with Crippen molar-refractivity contribution in [3.8, 4) is 0 Å². The van der Waals surface area contributed by atoms with Gasteiger partial charge in [0.1, 0.15) is 12.2 Å². The van der Waals surface area contributed by atoms with Crippen LogP contribution in [0, 0.1) is 0 Å². The van der Waals surface area contributed by atoms with Gasteiger partial charge in [0.05, 0.1) is 13.2 Å². The molecule has 0 aliphatic carbocycles. The van der Waals surface area contributed by atoms with Gasteiger partial charge in [-0.25, -0.2) is 4.79 Å². The molecule has 1 rings (SSSR count). The van der Waals surface area contributed by atoms with Crippen LogP contribution in [0.3, 0.4) is 0 Å². The van der Waals surface area contributed by atoms with Crippen LogP contribution < -0.4 is 10.6 Å². The van der Waals surface area contributed by atoms with Gasteiger partial charge >= 0.3 is 13.3 Å². The molecule has 0 aromatic carbocycles. The summed E-state index contributed by atoms with van der Waals surface area (Å²) >= 11 is 0. The second-order valence-electron chi connectivity index (χ2n) is 10.1. The highest BCUT2D eigenvalue weighted by molar-refractivity contribution is 7.51. The molecule has 1 aromatic heterocycles. The Morgan fingerprint density at radius 1 is 0.816 bits per heavy atom. The smallest absolute Gasteiger partial charge is 0.350 e. The molecule has 0 bridgehead atoms. The number of aromatic nitrogens is 2. The third-order valence-electron chi connectivity index (χ3n) is 6.66. The average Bonchev–Trinajstić information content (AvgIpc) is 2.88. The number of hydrogen-bond acceptors (Lipinski definition) is 6. The molecule has 0 saturated heterocycles. The van der Waals surface area contributed by atoms with Gasteiger partial charge in [0, 0.05) is 32.5 Å². The second-order valence-corrected chi connectivity index (χ2v) is 11.7. The molecular weight excluding hydrogens is 505 g/mol. The number of hydrogen-bond donors (Lipinski definition) is 2. The van der Waals surface area contributed by atoms with Crippen LogP contribution in [-0.2, 0) is 20.6 Å². The standard InChI is InChI=1S/C28H54N3O6P/c1-3-5-6-7-8-9-10-11-12-13-14-15-16-17-23-36-24-18-20-30(4-2)27-19-21-31(28(32)29-27)22-25-37-26-38(33,34)35/h19,21H,3-18,20,22-26H2,1-2H3,(H2,33,34,35). The summed E-state index contributed by atoms with van der Waals surface area (Å²) in [6.07, 6.45) is 20.8. The van der Waals surface area contributed by atoms with Crippen molar-refractivity contribution in [1.82, 2.24) is 9.55 Å². The minimum absolute atomic E-state index is 0.0280. The summed E-state index contributed by atoms with van der Waals surface area (Å²) in [5, 5.41) is 0. The molecule has 222 valence electrons. The summed E-state index contributed by atoms with van der Waals surface area (Å²) in [5.74, 6) is 0.622. The molecule has 0 spiro atoms. The summed E-state index contributed by atoms with van der Waals surface area (Å²) in [4.78, 5) is 36.1. The molecule has 38 heavy (non-hydrogen) atoms. The molecule has 1 heterocycles. The van der Waals surface area contributed by atoms with Crippen molar-refractivity contribution < 1.29 is 23.8 Å². The predicted octanol–water partition coefficient (Wildman–Crippen LogP) is 6.11. The van der Waals surface area contributed by atoms with Crippen molar-refractivity contribution in [3.05, 3.63) is 22.7 Å². The maximum atomic E-state index is 12.3. The number of anilines is 1. The topological polar surface area (TPSA) is 114 Å². The van der Waals surface area contributed by atoms with Gasteiger partial charge in [0.15, 0.2) is 0 Å². The van der Waals surface area contributed by atoms with Crippen LogP contribution in [0.25, 0.3) is 0 Å². The van der Waals surface area contributed by atoms with Crippen LogP contribution in [0.15, 0.2) is 17.1 Å². The van der Waals surface area contributed by atoms with E-state index in [1.165, 1.54) is 88.0 Å². The van der Waals surface area contributed by atoms with E-state index in [2.05, 4.69) is 11.9 Å². The number of unbranched alkanes of at least 4 members (excludes halogenated alkanes) is 13. The molecule has 0 radical (unpaired) electrons. The maximum Gasteiger partial charge on any atom is 0.350 e. The fraction of sp³-hybridized carbons (Fsp3) is 0.857. The first-order valence-electron chi connectivity index (χ1n) is 14.9.